The van der Waals surface area contributed by atoms with Crippen LogP contribution in [0.5, 0.6) is 0 Å². The molecule has 1 aromatic carbocycles. The molecule has 0 aliphatic carbocycles. The van der Waals surface area contributed by atoms with E-state index in [0.717, 1.165) is 6.07 Å². The molecule has 0 bridgehead atoms. The Morgan fingerprint density at radius 1 is 1.20 bits per heavy atom. The summed E-state index contributed by atoms with van der Waals surface area (Å²) in [4.78, 5) is 3.93. The van der Waals surface area contributed by atoms with Crippen LogP contribution in [-0.2, 0) is 13.1 Å². The molecule has 3 aromatic rings. The summed E-state index contributed by atoms with van der Waals surface area (Å²) < 4.78 is 30.2. The number of nitrogens with two attached hydrogens (primary N) is 1. The third kappa shape index (κ3) is 2.20. The molecule has 0 fully saturated rings. The Labute approximate surface area is 112 Å². The summed E-state index contributed by atoms with van der Waals surface area (Å²) in [6, 6.07) is 2.03. The highest BCUT2D eigenvalue weighted by Gasteiger charge is 2.13. The minimum atomic E-state index is -0.707. The molecule has 2 N–H and O–H groups in total. The number of hydrogen-bond donors (Lipinski definition) is 1. The van der Waals surface area contributed by atoms with Gasteiger partial charge in [0.2, 0.25) is 5.95 Å². The molecule has 0 atom stereocenters. The van der Waals surface area contributed by atoms with Crippen LogP contribution in [0.25, 0.3) is 11.0 Å². The van der Waals surface area contributed by atoms with E-state index in [1.165, 1.54) is 6.07 Å². The van der Waals surface area contributed by atoms with E-state index in [1.807, 2.05) is 0 Å². The van der Waals surface area contributed by atoms with Crippen LogP contribution in [0.15, 0.2) is 24.5 Å². The van der Waals surface area contributed by atoms with Gasteiger partial charge in [0.25, 0.3) is 0 Å². The number of aromatic nitrogens is 5. The second-order valence-electron chi connectivity index (χ2n) is 4.40. The summed E-state index contributed by atoms with van der Waals surface area (Å²) in [6.45, 7) is 1.13. The first kappa shape index (κ1) is 12.5. The Morgan fingerprint density at radius 2 is 2.05 bits per heavy atom. The van der Waals surface area contributed by atoms with Gasteiger partial charge in [-0.2, -0.15) is 0 Å². The quantitative estimate of drug-likeness (QED) is 0.786. The van der Waals surface area contributed by atoms with Gasteiger partial charge in [-0.25, -0.2) is 13.8 Å². The predicted molar refractivity (Wildman–Crippen MR) is 68.7 cm³/mol. The lowest BCUT2D eigenvalue weighted by Crippen LogP contribution is -2.07. The van der Waals surface area contributed by atoms with Gasteiger partial charge >= 0.3 is 0 Å². The monoisotopic (exact) mass is 278 g/mol. The fraction of sp³-hybridized carbons (Fsp3) is 0.250. The summed E-state index contributed by atoms with van der Waals surface area (Å²) in [6.07, 6.45) is 4.03. The maximum absolute atomic E-state index is 13.6. The van der Waals surface area contributed by atoms with E-state index in [2.05, 4.69) is 15.3 Å². The van der Waals surface area contributed by atoms with Crippen LogP contribution in [0.4, 0.5) is 14.7 Å². The second-order valence-corrected chi connectivity index (χ2v) is 4.40. The number of hydrogen-bond acceptors (Lipinski definition) is 4. The van der Waals surface area contributed by atoms with Crippen LogP contribution in [0.3, 0.4) is 0 Å². The van der Waals surface area contributed by atoms with Gasteiger partial charge < -0.3 is 10.3 Å². The number of nitrogens with zero attached hydrogens (tertiary/aromatic N) is 5. The Balaban J connectivity index is 1.85. The summed E-state index contributed by atoms with van der Waals surface area (Å²) in [7, 11) is 0. The van der Waals surface area contributed by atoms with Crippen molar-refractivity contribution in [2.24, 2.45) is 0 Å². The number of fused-ring (bicyclic) bond motifs is 1. The van der Waals surface area contributed by atoms with Crippen molar-refractivity contribution in [3.63, 3.8) is 0 Å². The first-order chi connectivity index (χ1) is 9.65. The van der Waals surface area contributed by atoms with E-state index in [1.54, 1.807) is 21.6 Å². The number of nitrogen functional groups attached to an aromatic ring is 1. The second kappa shape index (κ2) is 4.87. The van der Waals surface area contributed by atoms with E-state index in [9.17, 15) is 8.78 Å². The zero-order valence-electron chi connectivity index (χ0n) is 10.5. The Hall–Kier alpha value is -2.51. The van der Waals surface area contributed by atoms with Crippen molar-refractivity contribution in [3.8, 4) is 0 Å². The van der Waals surface area contributed by atoms with Crippen LogP contribution in [0.2, 0.25) is 0 Å². The van der Waals surface area contributed by atoms with E-state index in [0.29, 0.717) is 25.0 Å². The third-order valence-electron chi connectivity index (χ3n) is 3.04. The molecule has 0 spiro atoms. The van der Waals surface area contributed by atoms with Gasteiger partial charge in [-0.15, -0.1) is 5.10 Å². The third-order valence-corrected chi connectivity index (χ3v) is 3.04. The zero-order chi connectivity index (χ0) is 14.1. The molecule has 0 aliphatic rings. The molecular formula is C12H12F2N6. The van der Waals surface area contributed by atoms with E-state index in [4.69, 9.17) is 5.73 Å². The fourth-order valence-corrected chi connectivity index (χ4v) is 2.14. The van der Waals surface area contributed by atoms with Gasteiger partial charge in [0, 0.05) is 31.4 Å². The summed E-state index contributed by atoms with van der Waals surface area (Å²) in [5, 5.41) is 7.54. The molecule has 0 saturated carbocycles. The van der Waals surface area contributed by atoms with Crippen molar-refractivity contribution in [2.75, 3.05) is 5.73 Å². The largest absolute Gasteiger partial charge is 0.369 e. The molecule has 0 aliphatic heterocycles. The first-order valence-electron chi connectivity index (χ1n) is 6.10. The lowest BCUT2D eigenvalue weighted by molar-refractivity contribution is 0.521. The van der Waals surface area contributed by atoms with Crippen LogP contribution in [-0.4, -0.2) is 24.5 Å². The molecule has 104 valence electrons. The topological polar surface area (TPSA) is 74.5 Å². The SMILES string of the molecule is Nc1nc2c(F)cc(F)cc2n1CCCn1ccnn1. The summed E-state index contributed by atoms with van der Waals surface area (Å²) in [5.41, 5.74) is 6.21. The molecule has 0 radical (unpaired) electrons. The number of benzene rings is 1. The average Bonchev–Trinajstić information content (AvgIpc) is 3.00. The van der Waals surface area contributed by atoms with E-state index in [-0.39, 0.29) is 11.5 Å². The number of halogens is 2. The lowest BCUT2D eigenvalue weighted by Gasteiger charge is -2.06. The highest BCUT2D eigenvalue weighted by molar-refractivity contribution is 5.79. The Morgan fingerprint density at radius 3 is 2.80 bits per heavy atom. The highest BCUT2D eigenvalue weighted by atomic mass is 19.1. The minimum Gasteiger partial charge on any atom is -0.369 e. The number of aryl methyl sites for hydroxylation is 2. The minimum absolute atomic E-state index is 0.0876. The molecule has 2 heterocycles. The van der Waals surface area contributed by atoms with Crippen molar-refractivity contribution in [2.45, 2.75) is 19.5 Å². The van der Waals surface area contributed by atoms with E-state index < -0.39 is 11.6 Å². The van der Waals surface area contributed by atoms with Gasteiger partial charge in [-0.05, 0) is 6.42 Å². The van der Waals surface area contributed by atoms with Crippen molar-refractivity contribution in [3.05, 3.63) is 36.2 Å². The van der Waals surface area contributed by atoms with Crippen molar-refractivity contribution in [1.29, 1.82) is 0 Å². The molecule has 3 rings (SSSR count). The molecule has 2 aromatic heterocycles. The van der Waals surface area contributed by atoms with Crippen LogP contribution in [0, 0.1) is 11.6 Å². The van der Waals surface area contributed by atoms with Crippen molar-refractivity contribution >= 4 is 17.0 Å². The van der Waals surface area contributed by atoms with E-state index >= 15 is 0 Å². The molecule has 8 heteroatoms. The molecular weight excluding hydrogens is 266 g/mol. The predicted octanol–water partition coefficient (Wildman–Crippen LogP) is 1.58. The standard InChI is InChI=1S/C12H12F2N6/c13-8-6-9(14)11-10(7-8)20(12(15)17-11)4-1-3-19-5-2-16-18-19/h2,5-7H,1,3-4H2,(H2,15,17). The van der Waals surface area contributed by atoms with Crippen LogP contribution in [0.1, 0.15) is 6.42 Å². The molecule has 0 amide bonds. The van der Waals surface area contributed by atoms with Crippen LogP contribution < -0.4 is 5.73 Å². The maximum Gasteiger partial charge on any atom is 0.201 e. The number of rotatable bonds is 4. The first-order valence-corrected chi connectivity index (χ1v) is 6.10. The molecule has 6 nitrogen and oxygen atoms in total. The zero-order valence-corrected chi connectivity index (χ0v) is 10.5. The normalized spacial score (nSPS) is 11.3. The number of imidazole rings is 1. The van der Waals surface area contributed by atoms with Gasteiger partial charge in [0.05, 0.1) is 11.7 Å². The Bertz CT molecular complexity index is 734. The number of anilines is 1. The molecule has 0 saturated heterocycles. The van der Waals surface area contributed by atoms with Crippen molar-refractivity contribution in [1.82, 2.24) is 24.5 Å². The Kier molecular flexibility index (Phi) is 3.05. The van der Waals surface area contributed by atoms with Gasteiger partial charge in [0.15, 0.2) is 5.82 Å². The highest BCUT2D eigenvalue weighted by Crippen LogP contribution is 2.22. The molecule has 0 unspecified atom stereocenters. The van der Waals surface area contributed by atoms with Gasteiger partial charge in [-0.1, -0.05) is 5.21 Å². The van der Waals surface area contributed by atoms with Crippen LogP contribution >= 0.6 is 0 Å². The summed E-state index contributed by atoms with van der Waals surface area (Å²) in [5.74, 6) is -1.18. The molecule has 20 heavy (non-hydrogen) atoms. The average molecular weight is 278 g/mol. The van der Waals surface area contributed by atoms with Gasteiger partial charge in [0.1, 0.15) is 11.3 Å². The smallest absolute Gasteiger partial charge is 0.201 e. The lowest BCUT2D eigenvalue weighted by atomic mass is 10.3. The van der Waals surface area contributed by atoms with Gasteiger partial charge in [-0.3, -0.25) is 4.68 Å². The van der Waals surface area contributed by atoms with Crippen molar-refractivity contribution < 1.29 is 8.78 Å². The maximum atomic E-state index is 13.6. The summed E-state index contributed by atoms with van der Waals surface area (Å²) >= 11 is 0. The fourth-order valence-electron chi connectivity index (χ4n) is 2.14.